The highest BCUT2D eigenvalue weighted by atomic mass is 16.5. The molecule has 0 saturated carbocycles. The van der Waals surface area contributed by atoms with Crippen molar-refractivity contribution < 1.29 is 14.3 Å². The van der Waals surface area contributed by atoms with Crippen LogP contribution in [0, 0.1) is 0 Å². The summed E-state index contributed by atoms with van der Waals surface area (Å²) in [4.78, 5) is 18.9. The van der Waals surface area contributed by atoms with Gasteiger partial charge in [0.25, 0.3) is 5.91 Å². The molecular formula is C21H27N3O3. The lowest BCUT2D eigenvalue weighted by molar-refractivity contribution is 0.0916. The van der Waals surface area contributed by atoms with Crippen molar-refractivity contribution in [1.29, 1.82) is 0 Å². The first-order valence-corrected chi connectivity index (χ1v) is 9.43. The largest absolute Gasteiger partial charge is 0.490 e. The standard InChI is InChI=1S/C21H27N3O3/c1-3-26-20-14-17(21(25)23-18-8-12-24(2)13-9-18)4-5-19(20)27-15-16-6-10-22-11-7-16/h4-7,10-11,14,18H,3,8-9,12-13,15H2,1-2H3,(H,23,25). The molecule has 1 aromatic carbocycles. The molecule has 2 aromatic rings. The molecule has 3 rings (SSSR count). The SMILES string of the molecule is CCOc1cc(C(=O)NC2CCN(C)CC2)ccc1OCc1ccncc1. The molecule has 1 aliphatic rings. The molecule has 1 amide bonds. The monoisotopic (exact) mass is 369 g/mol. The van der Waals surface area contributed by atoms with Crippen molar-refractivity contribution in [3.63, 3.8) is 0 Å². The van der Waals surface area contributed by atoms with Crippen LogP contribution in [0.2, 0.25) is 0 Å². The number of likely N-dealkylation sites (tertiary alicyclic amines) is 1. The summed E-state index contributed by atoms with van der Waals surface area (Å²) in [6, 6.07) is 9.39. The van der Waals surface area contributed by atoms with Crippen LogP contribution in [0.4, 0.5) is 0 Å². The summed E-state index contributed by atoms with van der Waals surface area (Å²) in [6.07, 6.45) is 5.43. The molecule has 1 saturated heterocycles. The van der Waals surface area contributed by atoms with Gasteiger partial charge in [0, 0.05) is 24.0 Å². The molecule has 1 aromatic heterocycles. The van der Waals surface area contributed by atoms with Gasteiger partial charge in [-0.05, 0) is 75.8 Å². The molecule has 6 heteroatoms. The van der Waals surface area contributed by atoms with Gasteiger partial charge in [-0.25, -0.2) is 0 Å². The lowest BCUT2D eigenvalue weighted by atomic mass is 10.0. The average Bonchev–Trinajstić information content (AvgIpc) is 2.69. The second-order valence-corrected chi connectivity index (χ2v) is 6.79. The van der Waals surface area contributed by atoms with E-state index in [1.807, 2.05) is 19.1 Å². The minimum absolute atomic E-state index is 0.0637. The van der Waals surface area contributed by atoms with Crippen molar-refractivity contribution in [3.05, 3.63) is 53.9 Å². The number of pyridine rings is 1. The minimum atomic E-state index is -0.0637. The predicted molar refractivity (Wildman–Crippen MR) is 104 cm³/mol. The number of benzene rings is 1. The normalized spacial score (nSPS) is 15.3. The van der Waals surface area contributed by atoms with Crippen molar-refractivity contribution >= 4 is 5.91 Å². The topological polar surface area (TPSA) is 63.7 Å². The average molecular weight is 369 g/mol. The van der Waals surface area contributed by atoms with Gasteiger partial charge in [-0.15, -0.1) is 0 Å². The highest BCUT2D eigenvalue weighted by Gasteiger charge is 2.20. The van der Waals surface area contributed by atoms with Crippen LogP contribution in [0.1, 0.15) is 35.7 Å². The molecule has 144 valence electrons. The molecule has 0 radical (unpaired) electrons. The Kier molecular flexibility index (Phi) is 6.65. The van der Waals surface area contributed by atoms with E-state index < -0.39 is 0 Å². The van der Waals surface area contributed by atoms with Gasteiger partial charge in [0.2, 0.25) is 0 Å². The maximum Gasteiger partial charge on any atom is 0.251 e. The summed E-state index contributed by atoms with van der Waals surface area (Å²) in [5.74, 6) is 1.15. The zero-order chi connectivity index (χ0) is 19.1. The fourth-order valence-corrected chi connectivity index (χ4v) is 3.10. The molecular weight excluding hydrogens is 342 g/mol. The second kappa shape index (κ2) is 9.37. The van der Waals surface area contributed by atoms with E-state index in [9.17, 15) is 4.79 Å². The van der Waals surface area contributed by atoms with E-state index in [0.717, 1.165) is 31.5 Å². The van der Waals surface area contributed by atoms with Gasteiger partial charge in [-0.2, -0.15) is 0 Å². The Morgan fingerprint density at radius 2 is 1.89 bits per heavy atom. The fourth-order valence-electron chi connectivity index (χ4n) is 3.10. The number of rotatable bonds is 7. The lowest BCUT2D eigenvalue weighted by Crippen LogP contribution is -2.43. The maximum atomic E-state index is 12.6. The third kappa shape index (κ3) is 5.44. The van der Waals surface area contributed by atoms with E-state index in [1.165, 1.54) is 0 Å². The van der Waals surface area contributed by atoms with Crippen LogP contribution in [0.25, 0.3) is 0 Å². The van der Waals surface area contributed by atoms with E-state index in [0.29, 0.717) is 30.3 Å². The summed E-state index contributed by atoms with van der Waals surface area (Å²) >= 11 is 0. The van der Waals surface area contributed by atoms with Crippen LogP contribution >= 0.6 is 0 Å². The van der Waals surface area contributed by atoms with Gasteiger partial charge < -0.3 is 19.7 Å². The van der Waals surface area contributed by atoms with E-state index >= 15 is 0 Å². The number of amides is 1. The number of hydrogen-bond acceptors (Lipinski definition) is 5. The van der Waals surface area contributed by atoms with Gasteiger partial charge in [-0.3, -0.25) is 9.78 Å². The first kappa shape index (κ1) is 19.2. The molecule has 6 nitrogen and oxygen atoms in total. The Balaban J connectivity index is 1.66. The number of carbonyl (C=O) groups excluding carboxylic acids is 1. The van der Waals surface area contributed by atoms with Crippen molar-refractivity contribution in [2.45, 2.75) is 32.4 Å². The van der Waals surface area contributed by atoms with Crippen LogP contribution in [-0.4, -0.2) is 48.6 Å². The quantitative estimate of drug-likeness (QED) is 0.813. The predicted octanol–water partition coefficient (Wildman–Crippen LogP) is 2.88. The van der Waals surface area contributed by atoms with Crippen LogP contribution in [0.3, 0.4) is 0 Å². The number of ether oxygens (including phenoxy) is 2. The highest BCUT2D eigenvalue weighted by Crippen LogP contribution is 2.29. The third-order valence-electron chi connectivity index (χ3n) is 4.70. The second-order valence-electron chi connectivity index (χ2n) is 6.79. The lowest BCUT2D eigenvalue weighted by Gasteiger charge is -2.29. The van der Waals surface area contributed by atoms with Crippen molar-refractivity contribution in [2.24, 2.45) is 0 Å². The van der Waals surface area contributed by atoms with Crippen LogP contribution in [-0.2, 0) is 6.61 Å². The van der Waals surface area contributed by atoms with Gasteiger partial charge in [0.1, 0.15) is 6.61 Å². The minimum Gasteiger partial charge on any atom is -0.490 e. The van der Waals surface area contributed by atoms with E-state index in [-0.39, 0.29) is 11.9 Å². The highest BCUT2D eigenvalue weighted by molar-refractivity contribution is 5.95. The summed E-state index contributed by atoms with van der Waals surface area (Å²) in [5, 5.41) is 3.13. The molecule has 0 atom stereocenters. The van der Waals surface area contributed by atoms with Crippen LogP contribution in [0.5, 0.6) is 11.5 Å². The molecule has 0 bridgehead atoms. The number of hydrogen-bond donors (Lipinski definition) is 1. The summed E-state index contributed by atoms with van der Waals surface area (Å²) in [6.45, 7) is 4.86. The van der Waals surface area contributed by atoms with Gasteiger partial charge in [0.05, 0.1) is 6.61 Å². The maximum absolute atomic E-state index is 12.6. The smallest absolute Gasteiger partial charge is 0.251 e. The zero-order valence-electron chi connectivity index (χ0n) is 16.0. The first-order chi connectivity index (χ1) is 13.2. The van der Waals surface area contributed by atoms with Crippen molar-refractivity contribution in [1.82, 2.24) is 15.2 Å². The van der Waals surface area contributed by atoms with Crippen molar-refractivity contribution in [2.75, 3.05) is 26.7 Å². The van der Waals surface area contributed by atoms with E-state index in [4.69, 9.17) is 9.47 Å². The molecule has 1 fully saturated rings. The zero-order valence-corrected chi connectivity index (χ0v) is 16.0. The number of piperidine rings is 1. The number of nitrogens with zero attached hydrogens (tertiary/aromatic N) is 2. The Labute approximate surface area is 160 Å². The number of carbonyl (C=O) groups is 1. The Morgan fingerprint density at radius 3 is 2.59 bits per heavy atom. The third-order valence-corrected chi connectivity index (χ3v) is 4.70. The van der Waals surface area contributed by atoms with Crippen LogP contribution in [0.15, 0.2) is 42.7 Å². The molecule has 27 heavy (non-hydrogen) atoms. The molecule has 2 heterocycles. The van der Waals surface area contributed by atoms with E-state index in [2.05, 4.69) is 22.2 Å². The summed E-state index contributed by atoms with van der Waals surface area (Å²) < 4.78 is 11.6. The molecule has 0 unspecified atom stereocenters. The Bertz CT molecular complexity index is 744. The molecule has 1 N–H and O–H groups in total. The molecule has 0 spiro atoms. The van der Waals surface area contributed by atoms with Crippen molar-refractivity contribution in [3.8, 4) is 11.5 Å². The number of aromatic nitrogens is 1. The fraction of sp³-hybridized carbons (Fsp3) is 0.429. The number of nitrogens with one attached hydrogen (secondary N) is 1. The summed E-state index contributed by atoms with van der Waals surface area (Å²) in [7, 11) is 2.11. The van der Waals surface area contributed by atoms with Crippen LogP contribution < -0.4 is 14.8 Å². The Morgan fingerprint density at radius 1 is 1.15 bits per heavy atom. The van der Waals surface area contributed by atoms with Gasteiger partial charge in [0.15, 0.2) is 11.5 Å². The summed E-state index contributed by atoms with van der Waals surface area (Å²) in [5.41, 5.74) is 1.62. The van der Waals surface area contributed by atoms with Gasteiger partial charge >= 0.3 is 0 Å². The molecule has 0 aliphatic carbocycles. The Hall–Kier alpha value is -2.60. The molecule has 1 aliphatic heterocycles. The first-order valence-electron chi connectivity index (χ1n) is 9.43. The van der Waals surface area contributed by atoms with Gasteiger partial charge in [-0.1, -0.05) is 0 Å². The van der Waals surface area contributed by atoms with E-state index in [1.54, 1.807) is 30.6 Å².